The Morgan fingerprint density at radius 2 is 2.04 bits per heavy atom. The summed E-state index contributed by atoms with van der Waals surface area (Å²) in [7, 11) is 0. The number of nitrogens with one attached hydrogen (secondary N) is 2. The molecule has 0 radical (unpaired) electrons. The molecule has 0 atom stereocenters. The largest absolute Gasteiger partial charge is 0.436 e. The molecule has 0 spiro atoms. The van der Waals surface area contributed by atoms with Crippen LogP contribution in [-0.4, -0.2) is 31.2 Å². The Hall–Kier alpha value is -3.52. The molecule has 3 N–H and O–H groups in total. The summed E-state index contributed by atoms with van der Waals surface area (Å²) in [5, 5.41) is 17.8. The summed E-state index contributed by atoms with van der Waals surface area (Å²) >= 11 is 0. The summed E-state index contributed by atoms with van der Waals surface area (Å²) < 4.78 is 5.72. The molecule has 0 aliphatic rings. The monoisotopic (exact) mass is 335 g/mol. The van der Waals surface area contributed by atoms with Crippen molar-refractivity contribution in [3.63, 3.8) is 0 Å². The Kier molecular flexibility index (Phi) is 3.71. The highest BCUT2D eigenvalue weighted by Crippen LogP contribution is 2.24. The molecule has 0 unspecified atom stereocenters. The minimum Gasteiger partial charge on any atom is -0.436 e. The quantitative estimate of drug-likeness (QED) is 0.527. The van der Waals surface area contributed by atoms with Gasteiger partial charge in [-0.25, -0.2) is 4.98 Å². The third-order valence-corrected chi connectivity index (χ3v) is 3.57. The summed E-state index contributed by atoms with van der Waals surface area (Å²) in [4.78, 5) is 20.7. The molecule has 8 nitrogen and oxygen atoms in total. The number of aliphatic hydroxyl groups is 1. The first-order chi connectivity index (χ1) is 12.2. The molecule has 0 aliphatic heterocycles. The summed E-state index contributed by atoms with van der Waals surface area (Å²) in [5.74, 6) is 0.439. The molecule has 0 bridgehead atoms. The van der Waals surface area contributed by atoms with E-state index in [9.17, 15) is 4.79 Å². The molecule has 4 rings (SSSR count). The van der Waals surface area contributed by atoms with Crippen molar-refractivity contribution in [1.82, 2.24) is 20.2 Å². The van der Waals surface area contributed by atoms with Gasteiger partial charge in [0.1, 0.15) is 12.1 Å². The zero-order valence-corrected chi connectivity index (χ0v) is 12.9. The number of aliphatic hydroxyl groups excluding tert-OH is 1. The van der Waals surface area contributed by atoms with E-state index < -0.39 is 0 Å². The zero-order valence-electron chi connectivity index (χ0n) is 12.9. The van der Waals surface area contributed by atoms with Crippen LogP contribution in [0.1, 0.15) is 16.2 Å². The first kappa shape index (κ1) is 15.0. The molecule has 124 valence electrons. The van der Waals surface area contributed by atoms with E-state index in [-0.39, 0.29) is 24.3 Å². The average molecular weight is 335 g/mol. The van der Waals surface area contributed by atoms with E-state index in [1.807, 2.05) is 30.3 Å². The van der Waals surface area contributed by atoms with Crippen molar-refractivity contribution >= 4 is 23.0 Å². The van der Waals surface area contributed by atoms with E-state index in [0.29, 0.717) is 22.6 Å². The fourth-order valence-corrected chi connectivity index (χ4v) is 2.38. The van der Waals surface area contributed by atoms with Crippen LogP contribution in [0.3, 0.4) is 0 Å². The summed E-state index contributed by atoms with van der Waals surface area (Å²) in [6, 6.07) is 14.4. The average Bonchev–Trinajstić information content (AvgIpc) is 3.28. The van der Waals surface area contributed by atoms with Gasteiger partial charge >= 0.3 is 0 Å². The molecule has 2 aromatic carbocycles. The van der Waals surface area contributed by atoms with Gasteiger partial charge in [-0.15, -0.1) is 5.10 Å². The second-order valence-electron chi connectivity index (χ2n) is 5.29. The van der Waals surface area contributed by atoms with Gasteiger partial charge in [-0.3, -0.25) is 15.2 Å². The SMILES string of the molecule is O=C(Nc1n[nH]c(CO)n1)c1cccc(-c2nc3ccccc3o2)c1. The van der Waals surface area contributed by atoms with E-state index in [4.69, 9.17) is 9.52 Å². The Morgan fingerprint density at radius 1 is 1.16 bits per heavy atom. The van der Waals surface area contributed by atoms with Gasteiger partial charge in [-0.2, -0.15) is 4.98 Å². The first-order valence-electron chi connectivity index (χ1n) is 7.52. The lowest BCUT2D eigenvalue weighted by atomic mass is 10.1. The lowest BCUT2D eigenvalue weighted by Gasteiger charge is -2.02. The topological polar surface area (TPSA) is 117 Å². The molecular formula is C17H13N5O3. The molecule has 2 heterocycles. The van der Waals surface area contributed by atoms with E-state index in [1.165, 1.54) is 0 Å². The zero-order chi connectivity index (χ0) is 17.2. The number of amides is 1. The van der Waals surface area contributed by atoms with Gasteiger partial charge in [0.05, 0.1) is 0 Å². The number of para-hydroxylation sites is 2. The van der Waals surface area contributed by atoms with Crippen LogP contribution in [-0.2, 0) is 6.61 Å². The normalized spacial score (nSPS) is 10.9. The smallest absolute Gasteiger partial charge is 0.258 e. The second-order valence-corrected chi connectivity index (χ2v) is 5.29. The van der Waals surface area contributed by atoms with Gasteiger partial charge < -0.3 is 9.52 Å². The Labute approximate surface area is 141 Å². The number of benzene rings is 2. The van der Waals surface area contributed by atoms with Gasteiger partial charge in [-0.1, -0.05) is 18.2 Å². The van der Waals surface area contributed by atoms with Crippen molar-refractivity contribution in [3.8, 4) is 11.5 Å². The number of aromatic amines is 1. The van der Waals surface area contributed by atoms with Crippen molar-refractivity contribution in [3.05, 3.63) is 59.9 Å². The number of oxazole rings is 1. The Bertz CT molecular complexity index is 1020. The maximum absolute atomic E-state index is 12.3. The molecule has 4 aromatic rings. The molecule has 0 fully saturated rings. The van der Waals surface area contributed by atoms with Crippen LogP contribution < -0.4 is 5.32 Å². The van der Waals surface area contributed by atoms with E-state index >= 15 is 0 Å². The number of carbonyl (C=O) groups is 1. The highest BCUT2D eigenvalue weighted by Gasteiger charge is 2.13. The van der Waals surface area contributed by atoms with Gasteiger partial charge in [-0.05, 0) is 30.3 Å². The highest BCUT2D eigenvalue weighted by atomic mass is 16.3. The predicted octanol–water partition coefficient (Wildman–Crippen LogP) is 2.36. The molecule has 0 saturated heterocycles. The van der Waals surface area contributed by atoms with Gasteiger partial charge in [0, 0.05) is 11.1 Å². The second kappa shape index (κ2) is 6.17. The molecule has 25 heavy (non-hydrogen) atoms. The van der Waals surface area contributed by atoms with Crippen molar-refractivity contribution in [2.45, 2.75) is 6.61 Å². The lowest BCUT2D eigenvalue weighted by molar-refractivity contribution is 0.102. The molecule has 8 heteroatoms. The number of rotatable bonds is 4. The van der Waals surface area contributed by atoms with Crippen LogP contribution in [0.15, 0.2) is 52.9 Å². The number of fused-ring (bicyclic) bond motifs is 1. The van der Waals surface area contributed by atoms with Gasteiger partial charge in [0.25, 0.3) is 5.91 Å². The first-order valence-corrected chi connectivity index (χ1v) is 7.52. The minimum absolute atomic E-state index is 0.0984. The van der Waals surface area contributed by atoms with Crippen LogP contribution in [0, 0.1) is 0 Å². The van der Waals surface area contributed by atoms with E-state index in [0.717, 1.165) is 5.52 Å². The standard InChI is InChI=1S/C17H13N5O3/c23-9-14-19-17(22-21-14)20-15(24)10-4-3-5-11(8-10)16-18-12-6-1-2-7-13(12)25-16/h1-8,23H,9H2,(H2,19,20,21,22,24). The lowest BCUT2D eigenvalue weighted by Crippen LogP contribution is -2.13. The molecular weight excluding hydrogens is 322 g/mol. The minimum atomic E-state index is -0.374. The fraction of sp³-hybridized carbons (Fsp3) is 0.0588. The van der Waals surface area contributed by atoms with Crippen LogP contribution in [0.4, 0.5) is 5.95 Å². The number of anilines is 1. The van der Waals surface area contributed by atoms with E-state index in [1.54, 1.807) is 18.2 Å². The Balaban J connectivity index is 1.61. The fourth-order valence-electron chi connectivity index (χ4n) is 2.38. The van der Waals surface area contributed by atoms with Crippen LogP contribution in [0.5, 0.6) is 0 Å². The molecule has 0 saturated carbocycles. The summed E-state index contributed by atoms with van der Waals surface area (Å²) in [6.07, 6.45) is 0. The maximum atomic E-state index is 12.3. The third-order valence-electron chi connectivity index (χ3n) is 3.57. The van der Waals surface area contributed by atoms with Gasteiger partial charge in [0.15, 0.2) is 11.4 Å². The Morgan fingerprint density at radius 3 is 2.84 bits per heavy atom. The van der Waals surface area contributed by atoms with Gasteiger partial charge in [0.2, 0.25) is 11.8 Å². The van der Waals surface area contributed by atoms with Crippen LogP contribution in [0.25, 0.3) is 22.6 Å². The molecule has 1 amide bonds. The molecule has 2 aromatic heterocycles. The van der Waals surface area contributed by atoms with Crippen molar-refractivity contribution in [2.24, 2.45) is 0 Å². The predicted molar refractivity (Wildman–Crippen MR) is 89.7 cm³/mol. The maximum Gasteiger partial charge on any atom is 0.258 e. The van der Waals surface area contributed by atoms with Crippen LogP contribution in [0.2, 0.25) is 0 Å². The highest BCUT2D eigenvalue weighted by molar-refractivity contribution is 6.04. The van der Waals surface area contributed by atoms with Crippen LogP contribution >= 0.6 is 0 Å². The molecule has 0 aliphatic carbocycles. The summed E-state index contributed by atoms with van der Waals surface area (Å²) in [6.45, 7) is -0.282. The van der Waals surface area contributed by atoms with Crippen molar-refractivity contribution < 1.29 is 14.3 Å². The van der Waals surface area contributed by atoms with E-state index in [2.05, 4.69) is 25.5 Å². The van der Waals surface area contributed by atoms with Crippen molar-refractivity contribution in [2.75, 3.05) is 5.32 Å². The number of hydrogen-bond donors (Lipinski definition) is 3. The number of H-pyrrole nitrogens is 1. The number of aromatic nitrogens is 4. The number of carbonyl (C=O) groups excluding carboxylic acids is 1. The number of nitrogens with zero attached hydrogens (tertiary/aromatic N) is 3. The van der Waals surface area contributed by atoms with Crippen molar-refractivity contribution in [1.29, 1.82) is 0 Å². The number of hydrogen-bond acceptors (Lipinski definition) is 6. The third kappa shape index (κ3) is 2.98. The summed E-state index contributed by atoms with van der Waals surface area (Å²) in [5.41, 5.74) is 2.54.